The molecule has 25 heavy (non-hydrogen) atoms. The molecular weight excluding hydrogens is 378 g/mol. The van der Waals surface area contributed by atoms with E-state index >= 15 is 0 Å². The van der Waals surface area contributed by atoms with Crippen LogP contribution in [0.25, 0.3) is 16.3 Å². The number of benzene rings is 1. The zero-order valence-electron chi connectivity index (χ0n) is 13.1. The van der Waals surface area contributed by atoms with Crippen molar-refractivity contribution in [3.63, 3.8) is 0 Å². The number of nitrogens with zero attached hydrogens (tertiary/aromatic N) is 2. The number of hydrogen-bond donors (Lipinski definition) is 1. The average molecular weight is 392 g/mol. The van der Waals surface area contributed by atoms with Gasteiger partial charge in [-0.2, -0.15) is 0 Å². The second-order valence-corrected chi connectivity index (χ2v) is 8.85. The standard InChI is InChI=1S/C17H14ClN3O2S2/c18-12-6-4-11(5-7-12)8-9-25(22,23)21-16-15-13-2-1-3-14(13)24-17(15)20-10-19-16/h4-10H,1-3H2,(H,19,20,21)/b9-8+. The number of anilines is 1. The molecule has 8 heteroatoms. The van der Waals surface area contributed by atoms with Crippen LogP contribution in [0.15, 0.2) is 36.0 Å². The topological polar surface area (TPSA) is 72.0 Å². The van der Waals surface area contributed by atoms with Crippen LogP contribution in [0.2, 0.25) is 5.02 Å². The van der Waals surface area contributed by atoms with Gasteiger partial charge >= 0.3 is 0 Å². The number of hydrogen-bond acceptors (Lipinski definition) is 5. The Morgan fingerprint density at radius 3 is 2.76 bits per heavy atom. The fraction of sp³-hybridized carbons (Fsp3) is 0.176. The van der Waals surface area contributed by atoms with Gasteiger partial charge in [0.2, 0.25) is 0 Å². The highest BCUT2D eigenvalue weighted by molar-refractivity contribution is 7.95. The average Bonchev–Trinajstić information content (AvgIpc) is 3.15. The first-order valence-electron chi connectivity index (χ1n) is 7.73. The predicted octanol–water partition coefficient (Wildman–Crippen LogP) is 4.25. The van der Waals surface area contributed by atoms with Gasteiger partial charge in [0.1, 0.15) is 11.2 Å². The van der Waals surface area contributed by atoms with Gasteiger partial charge in [-0.15, -0.1) is 11.3 Å². The van der Waals surface area contributed by atoms with Crippen LogP contribution < -0.4 is 4.72 Å². The minimum atomic E-state index is -3.68. The smallest absolute Gasteiger partial charge is 0.256 e. The summed E-state index contributed by atoms with van der Waals surface area (Å²) in [5, 5.41) is 2.58. The van der Waals surface area contributed by atoms with Crippen molar-refractivity contribution < 1.29 is 8.42 Å². The molecule has 0 atom stereocenters. The maximum absolute atomic E-state index is 12.4. The third-order valence-corrected chi connectivity index (χ3v) is 6.47. The fourth-order valence-corrected chi connectivity index (χ4v) is 5.10. The summed E-state index contributed by atoms with van der Waals surface area (Å²) >= 11 is 7.45. The van der Waals surface area contributed by atoms with Crippen molar-refractivity contribution in [3.05, 3.63) is 57.0 Å². The lowest BCUT2D eigenvalue weighted by Crippen LogP contribution is -2.10. The van der Waals surface area contributed by atoms with E-state index in [0.29, 0.717) is 10.8 Å². The Hall–Kier alpha value is -1.96. The summed E-state index contributed by atoms with van der Waals surface area (Å²) < 4.78 is 27.4. The monoisotopic (exact) mass is 391 g/mol. The molecule has 3 aromatic rings. The Morgan fingerprint density at radius 2 is 1.96 bits per heavy atom. The van der Waals surface area contributed by atoms with Gasteiger partial charge in [-0.05, 0) is 48.6 Å². The SMILES string of the molecule is O=S(=O)(/C=C/c1ccc(Cl)cc1)Nc1ncnc2sc3c(c12)CCC3. The quantitative estimate of drug-likeness (QED) is 0.721. The van der Waals surface area contributed by atoms with E-state index < -0.39 is 10.0 Å². The molecule has 2 aromatic heterocycles. The minimum Gasteiger partial charge on any atom is -0.263 e. The number of fused-ring (bicyclic) bond motifs is 3. The van der Waals surface area contributed by atoms with Crippen molar-refractivity contribution in [2.24, 2.45) is 0 Å². The first kappa shape index (κ1) is 16.5. The number of nitrogens with one attached hydrogen (secondary N) is 1. The molecule has 0 saturated heterocycles. The fourth-order valence-electron chi connectivity index (χ4n) is 2.92. The van der Waals surface area contributed by atoms with Crippen molar-refractivity contribution in [1.29, 1.82) is 0 Å². The first-order chi connectivity index (χ1) is 12.0. The van der Waals surface area contributed by atoms with Gasteiger partial charge in [-0.1, -0.05) is 23.7 Å². The van der Waals surface area contributed by atoms with Crippen LogP contribution in [0.5, 0.6) is 0 Å². The lowest BCUT2D eigenvalue weighted by atomic mass is 10.2. The van der Waals surface area contributed by atoms with E-state index in [1.807, 2.05) is 0 Å². The molecule has 1 N–H and O–H groups in total. The summed E-state index contributed by atoms with van der Waals surface area (Å²) in [4.78, 5) is 10.6. The van der Waals surface area contributed by atoms with E-state index in [1.165, 1.54) is 22.8 Å². The summed E-state index contributed by atoms with van der Waals surface area (Å²) in [7, 11) is -3.68. The molecular formula is C17H14ClN3O2S2. The van der Waals surface area contributed by atoms with E-state index in [2.05, 4.69) is 14.7 Å². The van der Waals surface area contributed by atoms with E-state index in [1.54, 1.807) is 35.6 Å². The number of aryl methyl sites for hydroxylation is 2. The summed E-state index contributed by atoms with van der Waals surface area (Å²) in [6.07, 6.45) is 5.98. The molecule has 0 fully saturated rings. The number of rotatable bonds is 4. The Morgan fingerprint density at radius 1 is 1.16 bits per heavy atom. The third kappa shape index (κ3) is 3.40. The molecule has 1 aromatic carbocycles. The van der Waals surface area contributed by atoms with Gasteiger partial charge in [0.15, 0.2) is 5.82 Å². The van der Waals surface area contributed by atoms with Crippen LogP contribution in [0, 0.1) is 0 Å². The maximum Gasteiger partial charge on any atom is 0.256 e. The van der Waals surface area contributed by atoms with Crippen LogP contribution in [-0.2, 0) is 22.9 Å². The molecule has 4 rings (SSSR count). The zero-order chi connectivity index (χ0) is 17.4. The lowest BCUT2D eigenvalue weighted by molar-refractivity contribution is 0.609. The highest BCUT2D eigenvalue weighted by Gasteiger charge is 2.22. The molecule has 0 spiro atoms. The predicted molar refractivity (Wildman–Crippen MR) is 102 cm³/mol. The molecule has 0 unspecified atom stereocenters. The molecule has 0 amide bonds. The summed E-state index contributed by atoms with van der Waals surface area (Å²) in [5.74, 6) is 0.352. The van der Waals surface area contributed by atoms with Crippen LogP contribution >= 0.6 is 22.9 Å². The Kier molecular flexibility index (Phi) is 4.23. The molecule has 1 aliphatic rings. The van der Waals surface area contributed by atoms with E-state index in [-0.39, 0.29) is 0 Å². The number of thiophene rings is 1. The van der Waals surface area contributed by atoms with Crippen molar-refractivity contribution in [3.8, 4) is 0 Å². The van der Waals surface area contributed by atoms with E-state index in [0.717, 1.165) is 40.5 Å². The second kappa shape index (κ2) is 6.40. The van der Waals surface area contributed by atoms with Crippen LogP contribution in [-0.4, -0.2) is 18.4 Å². The van der Waals surface area contributed by atoms with Gasteiger partial charge in [-0.25, -0.2) is 18.4 Å². The molecule has 128 valence electrons. The van der Waals surface area contributed by atoms with Crippen LogP contribution in [0.4, 0.5) is 5.82 Å². The van der Waals surface area contributed by atoms with Crippen molar-refractivity contribution >= 4 is 55.1 Å². The van der Waals surface area contributed by atoms with Crippen LogP contribution in [0.3, 0.4) is 0 Å². The normalized spacial score (nSPS) is 14.3. The van der Waals surface area contributed by atoms with Crippen LogP contribution in [0.1, 0.15) is 22.4 Å². The first-order valence-corrected chi connectivity index (χ1v) is 10.5. The van der Waals surface area contributed by atoms with Gasteiger partial charge < -0.3 is 0 Å². The Labute approximate surface area is 154 Å². The minimum absolute atomic E-state index is 0.352. The van der Waals surface area contributed by atoms with E-state index in [9.17, 15) is 8.42 Å². The van der Waals surface area contributed by atoms with Crippen molar-refractivity contribution in [2.75, 3.05) is 4.72 Å². The number of halogens is 1. The highest BCUT2D eigenvalue weighted by atomic mass is 35.5. The van der Waals surface area contributed by atoms with Gasteiger partial charge in [-0.3, -0.25) is 4.72 Å². The Bertz CT molecular complexity index is 1070. The van der Waals surface area contributed by atoms with Gasteiger partial charge in [0.25, 0.3) is 10.0 Å². The molecule has 1 aliphatic carbocycles. The molecule has 0 saturated carbocycles. The largest absolute Gasteiger partial charge is 0.263 e. The molecule has 0 radical (unpaired) electrons. The molecule has 0 bridgehead atoms. The molecule has 2 heterocycles. The Balaban J connectivity index is 1.65. The highest BCUT2D eigenvalue weighted by Crippen LogP contribution is 2.39. The van der Waals surface area contributed by atoms with Crippen molar-refractivity contribution in [2.45, 2.75) is 19.3 Å². The summed E-state index contributed by atoms with van der Waals surface area (Å²) in [6, 6.07) is 6.93. The molecule has 5 nitrogen and oxygen atoms in total. The second-order valence-electron chi connectivity index (χ2n) is 5.76. The van der Waals surface area contributed by atoms with Gasteiger partial charge in [0.05, 0.1) is 10.8 Å². The van der Waals surface area contributed by atoms with Gasteiger partial charge in [0, 0.05) is 9.90 Å². The number of sulfonamides is 1. The third-order valence-electron chi connectivity index (χ3n) is 4.05. The van der Waals surface area contributed by atoms with Crippen molar-refractivity contribution in [1.82, 2.24) is 9.97 Å². The molecule has 0 aliphatic heterocycles. The summed E-state index contributed by atoms with van der Waals surface area (Å²) in [5.41, 5.74) is 1.93. The van der Waals surface area contributed by atoms with E-state index in [4.69, 9.17) is 11.6 Å². The summed E-state index contributed by atoms with van der Waals surface area (Å²) in [6.45, 7) is 0. The number of aromatic nitrogens is 2. The lowest BCUT2D eigenvalue weighted by Gasteiger charge is -2.06. The maximum atomic E-state index is 12.4. The zero-order valence-corrected chi connectivity index (χ0v) is 15.5.